The zero-order valence-corrected chi connectivity index (χ0v) is 26.0. The Morgan fingerprint density at radius 1 is 0.738 bits per heavy atom. The standard InChI is InChI=1S/C32H36N2O6S2/c1-5-17-11-13-21-23(15-17)41-29(25(21)31(37)39-3)33-27(35)19-9-7-8-10-20(19)28(36)34-30-26(32(38)40-4)22-14-12-18(6-2)16-24(22)42-30/h7-10,17-18H,5-6,11-16H2,1-4H3,(H,33,35)(H,34,36). The van der Waals surface area contributed by atoms with Gasteiger partial charge in [0, 0.05) is 9.75 Å². The van der Waals surface area contributed by atoms with Gasteiger partial charge in [0.05, 0.1) is 36.5 Å². The molecule has 8 nitrogen and oxygen atoms in total. The number of amides is 2. The second-order valence-electron chi connectivity index (χ2n) is 10.9. The lowest BCUT2D eigenvalue weighted by Gasteiger charge is -2.20. The maximum absolute atomic E-state index is 13.6. The molecule has 2 atom stereocenters. The number of methoxy groups -OCH3 is 2. The Morgan fingerprint density at radius 3 is 1.50 bits per heavy atom. The molecule has 2 amide bonds. The molecule has 2 unspecified atom stereocenters. The molecule has 1 aromatic carbocycles. The third kappa shape index (κ3) is 5.74. The van der Waals surface area contributed by atoms with Crippen molar-refractivity contribution in [3.8, 4) is 0 Å². The van der Waals surface area contributed by atoms with Gasteiger partial charge in [-0.3, -0.25) is 9.59 Å². The fourth-order valence-corrected chi connectivity index (χ4v) is 8.73. The first-order chi connectivity index (χ1) is 20.3. The molecule has 3 aromatic rings. The van der Waals surface area contributed by atoms with E-state index in [1.165, 1.54) is 36.9 Å². The van der Waals surface area contributed by atoms with Crippen LogP contribution in [0.5, 0.6) is 0 Å². The molecule has 2 heterocycles. The summed E-state index contributed by atoms with van der Waals surface area (Å²) in [5, 5.41) is 6.69. The van der Waals surface area contributed by atoms with Gasteiger partial charge >= 0.3 is 11.9 Å². The SMILES string of the molecule is CCC1CCc2c(sc(NC(=O)c3ccccc3C(=O)Nc3sc4c(c3C(=O)OC)CCC(CC)C4)c2C(=O)OC)C1. The van der Waals surface area contributed by atoms with Gasteiger partial charge in [-0.15, -0.1) is 22.7 Å². The predicted octanol–water partition coefficient (Wildman–Crippen LogP) is 6.92. The number of benzene rings is 1. The molecule has 2 N–H and O–H groups in total. The zero-order valence-electron chi connectivity index (χ0n) is 24.4. The maximum atomic E-state index is 13.6. The highest BCUT2D eigenvalue weighted by molar-refractivity contribution is 7.17. The quantitative estimate of drug-likeness (QED) is 0.269. The third-order valence-electron chi connectivity index (χ3n) is 8.54. The van der Waals surface area contributed by atoms with Crippen LogP contribution in [-0.2, 0) is 35.2 Å². The minimum atomic E-state index is -0.499. The highest BCUT2D eigenvalue weighted by Gasteiger charge is 2.32. The van der Waals surface area contributed by atoms with E-state index in [-0.39, 0.29) is 11.1 Å². The molecular weight excluding hydrogens is 572 g/mol. The highest BCUT2D eigenvalue weighted by atomic mass is 32.1. The molecule has 5 rings (SSSR count). The van der Waals surface area contributed by atoms with E-state index in [1.54, 1.807) is 24.3 Å². The van der Waals surface area contributed by atoms with Crippen molar-refractivity contribution < 1.29 is 28.7 Å². The normalized spacial score (nSPS) is 17.5. The number of hydrogen-bond acceptors (Lipinski definition) is 8. The van der Waals surface area contributed by atoms with E-state index >= 15 is 0 Å². The number of rotatable bonds is 8. The molecule has 0 saturated carbocycles. The Labute approximate surface area is 253 Å². The van der Waals surface area contributed by atoms with Gasteiger partial charge in [0.2, 0.25) is 0 Å². The first-order valence-corrected chi connectivity index (χ1v) is 16.1. The molecule has 2 aromatic heterocycles. The van der Waals surface area contributed by atoms with Crippen molar-refractivity contribution in [2.24, 2.45) is 11.8 Å². The Kier molecular flexibility index (Phi) is 9.13. The van der Waals surface area contributed by atoms with E-state index in [4.69, 9.17) is 9.47 Å². The largest absolute Gasteiger partial charge is 0.465 e. The van der Waals surface area contributed by atoms with Crippen LogP contribution in [0.25, 0.3) is 0 Å². The topological polar surface area (TPSA) is 111 Å². The molecule has 0 spiro atoms. The molecule has 2 aliphatic carbocycles. The van der Waals surface area contributed by atoms with E-state index < -0.39 is 23.8 Å². The van der Waals surface area contributed by atoms with Gasteiger partial charge in [-0.05, 0) is 73.6 Å². The van der Waals surface area contributed by atoms with Crippen LogP contribution in [0.1, 0.15) is 102 Å². The number of fused-ring (bicyclic) bond motifs is 2. The third-order valence-corrected chi connectivity index (χ3v) is 10.9. The molecule has 0 aliphatic heterocycles. The van der Waals surface area contributed by atoms with E-state index in [0.717, 1.165) is 72.2 Å². The summed E-state index contributed by atoms with van der Waals surface area (Å²) in [5.41, 5.74) is 3.02. The van der Waals surface area contributed by atoms with Crippen LogP contribution in [0, 0.1) is 11.8 Å². The smallest absolute Gasteiger partial charge is 0.341 e. The molecule has 0 fully saturated rings. The number of carbonyl (C=O) groups excluding carboxylic acids is 4. The van der Waals surface area contributed by atoms with E-state index in [2.05, 4.69) is 24.5 Å². The number of anilines is 2. The van der Waals surface area contributed by atoms with Crippen molar-refractivity contribution in [2.75, 3.05) is 24.9 Å². The summed E-state index contributed by atoms with van der Waals surface area (Å²) in [6.07, 6.45) is 7.33. The average molecular weight is 609 g/mol. The van der Waals surface area contributed by atoms with E-state index in [1.807, 2.05) is 0 Å². The van der Waals surface area contributed by atoms with E-state index in [0.29, 0.717) is 33.0 Å². The van der Waals surface area contributed by atoms with Crippen molar-refractivity contribution in [1.29, 1.82) is 0 Å². The summed E-state index contributed by atoms with van der Waals surface area (Å²) in [4.78, 5) is 55.0. The number of ether oxygens (including phenoxy) is 2. The molecule has 2 aliphatic rings. The monoisotopic (exact) mass is 608 g/mol. The zero-order chi connectivity index (χ0) is 30.0. The summed E-state index contributed by atoms with van der Waals surface area (Å²) in [6.45, 7) is 4.33. The fraction of sp³-hybridized carbons (Fsp3) is 0.438. The summed E-state index contributed by atoms with van der Waals surface area (Å²) in [5.74, 6) is -0.875. The highest BCUT2D eigenvalue weighted by Crippen LogP contribution is 2.42. The van der Waals surface area contributed by atoms with Gasteiger partial charge < -0.3 is 20.1 Å². The van der Waals surface area contributed by atoms with Crippen LogP contribution in [0.2, 0.25) is 0 Å². The summed E-state index contributed by atoms with van der Waals surface area (Å²) in [7, 11) is 2.67. The van der Waals surface area contributed by atoms with Gasteiger partial charge in [0.25, 0.3) is 11.8 Å². The van der Waals surface area contributed by atoms with Crippen molar-refractivity contribution in [3.05, 3.63) is 67.4 Å². The van der Waals surface area contributed by atoms with Gasteiger partial charge in [0.1, 0.15) is 10.0 Å². The second kappa shape index (κ2) is 12.8. The van der Waals surface area contributed by atoms with Crippen molar-refractivity contribution >= 4 is 56.4 Å². The molecule has 42 heavy (non-hydrogen) atoms. The van der Waals surface area contributed by atoms with Crippen LogP contribution in [0.4, 0.5) is 10.0 Å². The minimum Gasteiger partial charge on any atom is -0.465 e. The summed E-state index contributed by atoms with van der Waals surface area (Å²) < 4.78 is 10.1. The fourth-order valence-electron chi connectivity index (χ4n) is 6.04. The Morgan fingerprint density at radius 2 is 1.14 bits per heavy atom. The van der Waals surface area contributed by atoms with Crippen LogP contribution in [-0.4, -0.2) is 38.0 Å². The average Bonchev–Trinajstić information content (AvgIpc) is 3.56. The summed E-state index contributed by atoms with van der Waals surface area (Å²) >= 11 is 2.81. The lowest BCUT2D eigenvalue weighted by molar-refractivity contribution is 0.0591. The van der Waals surface area contributed by atoms with Crippen molar-refractivity contribution in [1.82, 2.24) is 0 Å². The summed E-state index contributed by atoms with van der Waals surface area (Å²) in [6, 6.07) is 6.53. The predicted molar refractivity (Wildman–Crippen MR) is 165 cm³/mol. The Bertz CT molecular complexity index is 1420. The van der Waals surface area contributed by atoms with Gasteiger partial charge in [-0.1, -0.05) is 38.8 Å². The van der Waals surface area contributed by atoms with Crippen LogP contribution in [0.15, 0.2) is 24.3 Å². The maximum Gasteiger partial charge on any atom is 0.341 e. The molecular formula is C32H36N2O6S2. The van der Waals surface area contributed by atoms with Crippen molar-refractivity contribution in [2.45, 2.75) is 65.2 Å². The van der Waals surface area contributed by atoms with Gasteiger partial charge in [0.15, 0.2) is 0 Å². The van der Waals surface area contributed by atoms with Gasteiger partial charge in [-0.2, -0.15) is 0 Å². The first-order valence-electron chi connectivity index (χ1n) is 14.5. The van der Waals surface area contributed by atoms with Crippen molar-refractivity contribution in [3.63, 3.8) is 0 Å². The molecule has 0 bridgehead atoms. The first kappa shape index (κ1) is 30.0. The number of hydrogen-bond donors (Lipinski definition) is 2. The molecule has 10 heteroatoms. The molecule has 0 saturated heterocycles. The van der Waals surface area contributed by atoms with Crippen LogP contribution >= 0.6 is 22.7 Å². The number of thiophene rings is 2. The Hall–Kier alpha value is -3.50. The lowest BCUT2D eigenvalue weighted by atomic mass is 9.85. The molecule has 222 valence electrons. The number of esters is 2. The Balaban J connectivity index is 1.43. The van der Waals surface area contributed by atoms with Crippen LogP contribution in [0.3, 0.4) is 0 Å². The minimum absolute atomic E-state index is 0.163. The van der Waals surface area contributed by atoms with E-state index in [9.17, 15) is 19.2 Å². The van der Waals surface area contributed by atoms with Gasteiger partial charge in [-0.25, -0.2) is 9.59 Å². The van der Waals surface area contributed by atoms with Crippen LogP contribution < -0.4 is 10.6 Å². The molecule has 0 radical (unpaired) electrons. The number of carbonyl (C=O) groups is 4. The number of nitrogens with one attached hydrogen (secondary N) is 2. The lowest BCUT2D eigenvalue weighted by Crippen LogP contribution is -2.21. The second-order valence-corrected chi connectivity index (χ2v) is 13.1.